The quantitative estimate of drug-likeness (QED) is 0.772. The molecule has 4 nitrogen and oxygen atoms in total. The third kappa shape index (κ3) is 5.39. The SMILES string of the molecule is CCC(CCN)CCC(=O)Nc1ccc(OC)c(Cl)c1. The van der Waals surface area contributed by atoms with Gasteiger partial charge in [-0.3, -0.25) is 4.79 Å². The van der Waals surface area contributed by atoms with Crippen molar-refractivity contribution in [3.8, 4) is 5.75 Å². The Morgan fingerprint density at radius 1 is 1.45 bits per heavy atom. The largest absolute Gasteiger partial charge is 0.495 e. The van der Waals surface area contributed by atoms with E-state index >= 15 is 0 Å². The first-order valence-electron chi connectivity index (χ1n) is 6.94. The van der Waals surface area contributed by atoms with Crippen LogP contribution in [0.3, 0.4) is 0 Å². The number of nitrogens with two attached hydrogens (primary N) is 1. The Balaban J connectivity index is 2.48. The van der Waals surface area contributed by atoms with E-state index < -0.39 is 0 Å². The minimum atomic E-state index is 0.00158. The van der Waals surface area contributed by atoms with E-state index in [1.165, 1.54) is 0 Å². The van der Waals surface area contributed by atoms with Crippen LogP contribution in [0.4, 0.5) is 5.69 Å². The van der Waals surface area contributed by atoms with E-state index in [4.69, 9.17) is 22.1 Å². The zero-order valence-corrected chi connectivity index (χ0v) is 12.9. The Bertz CT molecular complexity index is 438. The van der Waals surface area contributed by atoms with Gasteiger partial charge in [0.05, 0.1) is 12.1 Å². The van der Waals surface area contributed by atoms with Crippen molar-refractivity contribution in [1.82, 2.24) is 0 Å². The second-order valence-corrected chi connectivity index (χ2v) is 5.20. The van der Waals surface area contributed by atoms with Crippen LogP contribution < -0.4 is 15.8 Å². The molecule has 5 heteroatoms. The summed E-state index contributed by atoms with van der Waals surface area (Å²) in [6.45, 7) is 2.80. The van der Waals surface area contributed by atoms with Crippen LogP contribution in [0.25, 0.3) is 0 Å². The summed E-state index contributed by atoms with van der Waals surface area (Å²) in [4.78, 5) is 11.9. The van der Waals surface area contributed by atoms with Crippen LogP contribution in [0, 0.1) is 5.92 Å². The van der Waals surface area contributed by atoms with Gasteiger partial charge in [0.25, 0.3) is 0 Å². The number of benzene rings is 1. The van der Waals surface area contributed by atoms with E-state index in [0.717, 1.165) is 19.3 Å². The molecule has 0 spiro atoms. The molecule has 1 amide bonds. The zero-order chi connectivity index (χ0) is 15.0. The maximum absolute atomic E-state index is 11.9. The van der Waals surface area contributed by atoms with Crippen LogP contribution in [-0.2, 0) is 4.79 Å². The molecule has 1 atom stereocenters. The van der Waals surface area contributed by atoms with Gasteiger partial charge < -0.3 is 15.8 Å². The van der Waals surface area contributed by atoms with Crippen LogP contribution >= 0.6 is 11.6 Å². The third-order valence-corrected chi connectivity index (χ3v) is 3.66. The smallest absolute Gasteiger partial charge is 0.224 e. The van der Waals surface area contributed by atoms with E-state index in [2.05, 4.69) is 12.2 Å². The Hall–Kier alpha value is -1.26. The van der Waals surface area contributed by atoms with Gasteiger partial charge in [-0.25, -0.2) is 0 Å². The lowest BCUT2D eigenvalue weighted by molar-refractivity contribution is -0.116. The van der Waals surface area contributed by atoms with Crippen molar-refractivity contribution < 1.29 is 9.53 Å². The number of halogens is 1. The molecule has 1 rings (SSSR count). The minimum Gasteiger partial charge on any atom is -0.495 e. The van der Waals surface area contributed by atoms with Gasteiger partial charge in [0.15, 0.2) is 0 Å². The summed E-state index contributed by atoms with van der Waals surface area (Å²) in [6, 6.07) is 5.20. The van der Waals surface area contributed by atoms with Gasteiger partial charge in [-0.1, -0.05) is 24.9 Å². The summed E-state index contributed by atoms with van der Waals surface area (Å²) in [6.07, 6.45) is 3.39. The highest BCUT2D eigenvalue weighted by atomic mass is 35.5. The molecular formula is C15H23ClN2O2. The van der Waals surface area contributed by atoms with Crippen molar-refractivity contribution in [3.05, 3.63) is 23.2 Å². The number of nitrogens with one attached hydrogen (secondary N) is 1. The van der Waals surface area contributed by atoms with Gasteiger partial charge >= 0.3 is 0 Å². The number of carbonyl (C=O) groups is 1. The molecule has 0 aliphatic rings. The number of hydrogen-bond donors (Lipinski definition) is 2. The van der Waals surface area contributed by atoms with Gasteiger partial charge in [0.2, 0.25) is 5.91 Å². The van der Waals surface area contributed by atoms with E-state index in [-0.39, 0.29) is 5.91 Å². The predicted molar refractivity (Wildman–Crippen MR) is 83.3 cm³/mol. The highest BCUT2D eigenvalue weighted by Crippen LogP contribution is 2.27. The summed E-state index contributed by atoms with van der Waals surface area (Å²) in [5, 5.41) is 3.33. The van der Waals surface area contributed by atoms with Crippen molar-refractivity contribution in [3.63, 3.8) is 0 Å². The number of methoxy groups -OCH3 is 1. The van der Waals surface area contributed by atoms with E-state index in [1.807, 2.05) is 0 Å². The van der Waals surface area contributed by atoms with Gasteiger partial charge in [-0.2, -0.15) is 0 Å². The van der Waals surface area contributed by atoms with Crippen molar-refractivity contribution in [2.45, 2.75) is 32.6 Å². The molecule has 1 aromatic rings. The lowest BCUT2D eigenvalue weighted by atomic mass is 9.96. The summed E-state index contributed by atoms with van der Waals surface area (Å²) < 4.78 is 5.07. The second kappa shape index (κ2) is 8.82. The molecular weight excluding hydrogens is 276 g/mol. The number of ether oxygens (including phenoxy) is 1. The average Bonchev–Trinajstić information content (AvgIpc) is 2.43. The van der Waals surface area contributed by atoms with E-state index in [0.29, 0.717) is 35.3 Å². The molecule has 1 aromatic carbocycles. The molecule has 1 unspecified atom stereocenters. The lowest BCUT2D eigenvalue weighted by Gasteiger charge is -2.13. The van der Waals surface area contributed by atoms with Crippen LogP contribution in [0.15, 0.2) is 18.2 Å². The molecule has 112 valence electrons. The number of hydrogen-bond acceptors (Lipinski definition) is 3. The third-order valence-electron chi connectivity index (χ3n) is 3.37. The predicted octanol–water partition coefficient (Wildman–Crippen LogP) is 3.44. The van der Waals surface area contributed by atoms with Crippen molar-refractivity contribution in [2.24, 2.45) is 11.7 Å². The van der Waals surface area contributed by atoms with E-state index in [1.54, 1.807) is 25.3 Å². The molecule has 0 saturated heterocycles. The van der Waals surface area contributed by atoms with Gasteiger partial charge in [-0.15, -0.1) is 0 Å². The Morgan fingerprint density at radius 3 is 2.75 bits per heavy atom. The van der Waals surface area contributed by atoms with E-state index in [9.17, 15) is 4.79 Å². The first-order chi connectivity index (χ1) is 9.60. The van der Waals surface area contributed by atoms with Crippen LogP contribution in [0.2, 0.25) is 5.02 Å². The standard InChI is InChI=1S/C15H23ClN2O2/c1-3-11(8-9-17)4-7-15(19)18-12-5-6-14(20-2)13(16)10-12/h5-6,10-11H,3-4,7-9,17H2,1-2H3,(H,18,19). The van der Waals surface area contributed by atoms with Gasteiger partial charge in [0, 0.05) is 12.1 Å². The lowest BCUT2D eigenvalue weighted by Crippen LogP contribution is -2.15. The fraction of sp³-hybridized carbons (Fsp3) is 0.533. The highest BCUT2D eigenvalue weighted by Gasteiger charge is 2.10. The highest BCUT2D eigenvalue weighted by molar-refractivity contribution is 6.32. The normalized spacial score (nSPS) is 12.0. The summed E-state index contributed by atoms with van der Waals surface area (Å²) in [5.41, 5.74) is 6.24. The topological polar surface area (TPSA) is 64.4 Å². The molecule has 0 fully saturated rings. The Kier molecular flexibility index (Phi) is 7.41. The number of rotatable bonds is 8. The number of amides is 1. The molecule has 0 heterocycles. The van der Waals surface area contributed by atoms with Crippen LogP contribution in [-0.4, -0.2) is 19.6 Å². The summed E-state index contributed by atoms with van der Waals surface area (Å²) in [7, 11) is 1.56. The second-order valence-electron chi connectivity index (χ2n) is 4.79. The zero-order valence-electron chi connectivity index (χ0n) is 12.1. The first-order valence-corrected chi connectivity index (χ1v) is 7.32. The molecule has 0 aliphatic heterocycles. The van der Waals surface area contributed by atoms with Crippen molar-refractivity contribution in [1.29, 1.82) is 0 Å². The Morgan fingerprint density at radius 2 is 2.20 bits per heavy atom. The molecule has 3 N–H and O–H groups in total. The summed E-state index contributed by atoms with van der Waals surface area (Å²) >= 11 is 6.01. The fourth-order valence-electron chi connectivity index (χ4n) is 2.09. The molecule has 0 aromatic heterocycles. The molecule has 0 aliphatic carbocycles. The van der Waals surface area contributed by atoms with Crippen LogP contribution in [0.5, 0.6) is 5.75 Å². The van der Waals surface area contributed by atoms with Gasteiger partial charge in [0.1, 0.15) is 5.75 Å². The number of anilines is 1. The minimum absolute atomic E-state index is 0.00158. The molecule has 0 bridgehead atoms. The fourth-order valence-corrected chi connectivity index (χ4v) is 2.35. The maximum Gasteiger partial charge on any atom is 0.224 e. The molecule has 0 radical (unpaired) electrons. The van der Waals surface area contributed by atoms with Crippen LogP contribution in [0.1, 0.15) is 32.6 Å². The average molecular weight is 299 g/mol. The molecule has 0 saturated carbocycles. The first kappa shape index (κ1) is 16.8. The number of carbonyl (C=O) groups excluding carboxylic acids is 1. The monoisotopic (exact) mass is 298 g/mol. The summed E-state index contributed by atoms with van der Waals surface area (Å²) in [5.74, 6) is 1.12. The Labute approximate surface area is 125 Å². The van der Waals surface area contributed by atoms with Crippen molar-refractivity contribution in [2.75, 3.05) is 19.0 Å². The van der Waals surface area contributed by atoms with Crippen molar-refractivity contribution >= 4 is 23.2 Å². The molecule has 20 heavy (non-hydrogen) atoms. The van der Waals surface area contributed by atoms with Gasteiger partial charge in [-0.05, 0) is 43.5 Å². The maximum atomic E-state index is 11.9.